The van der Waals surface area contributed by atoms with Crippen LogP contribution >= 0.6 is 21.6 Å². The van der Waals surface area contributed by atoms with Crippen LogP contribution in [-0.2, 0) is 29.6 Å². The van der Waals surface area contributed by atoms with Crippen LogP contribution in [0.1, 0.15) is 0 Å². The maximum absolute atomic E-state index is 10.5. The van der Waals surface area contributed by atoms with Gasteiger partial charge in [-0.3, -0.25) is 8.37 Å². The van der Waals surface area contributed by atoms with Crippen molar-refractivity contribution in [2.45, 2.75) is 0 Å². The number of hydrogen-bond acceptors (Lipinski definition) is 7. The third kappa shape index (κ3) is 14.7. The molecule has 15 heavy (non-hydrogen) atoms. The molecule has 0 saturated heterocycles. The van der Waals surface area contributed by atoms with E-state index in [1.165, 1.54) is 27.8 Å². The lowest BCUT2D eigenvalue weighted by molar-refractivity contribution is 0.345. The molecule has 0 aliphatic rings. The molecular formula is C6H14O5S4. The minimum atomic E-state index is -3.32. The minimum Gasteiger partial charge on any atom is -0.290 e. The highest BCUT2D eigenvalue weighted by Gasteiger charge is 2.00. The van der Waals surface area contributed by atoms with E-state index in [4.69, 9.17) is 4.18 Å². The largest absolute Gasteiger partial charge is 0.290 e. The van der Waals surface area contributed by atoms with Gasteiger partial charge in [0.1, 0.15) is 0 Å². The van der Waals surface area contributed by atoms with Crippen LogP contribution in [0.15, 0.2) is 0 Å². The van der Waals surface area contributed by atoms with Gasteiger partial charge in [0.05, 0.1) is 19.5 Å². The minimum absolute atomic E-state index is 0.178. The van der Waals surface area contributed by atoms with Crippen LogP contribution in [0.2, 0.25) is 0 Å². The molecule has 0 spiro atoms. The van der Waals surface area contributed by atoms with Crippen molar-refractivity contribution in [1.82, 2.24) is 0 Å². The summed E-state index contributed by atoms with van der Waals surface area (Å²) in [6.45, 7) is 0.602. The summed E-state index contributed by atoms with van der Waals surface area (Å²) in [5.41, 5.74) is 0. The summed E-state index contributed by atoms with van der Waals surface area (Å²) in [5.74, 6) is 1.30. The molecule has 0 aromatic rings. The predicted molar refractivity (Wildman–Crippen MR) is 65.7 cm³/mol. The van der Waals surface area contributed by atoms with E-state index in [2.05, 4.69) is 4.18 Å². The van der Waals surface area contributed by atoms with Gasteiger partial charge in [0.25, 0.3) is 10.1 Å². The van der Waals surface area contributed by atoms with Crippen molar-refractivity contribution in [3.8, 4) is 0 Å². The smallest absolute Gasteiger partial charge is 0.264 e. The zero-order valence-electron chi connectivity index (χ0n) is 8.50. The highest BCUT2D eigenvalue weighted by atomic mass is 33.1. The SMILES string of the molecule is CS(=O)OCCSSCCOS(C)(=O)=O. The van der Waals surface area contributed by atoms with Gasteiger partial charge in [-0.25, -0.2) is 4.21 Å². The lowest BCUT2D eigenvalue weighted by atomic mass is 10.9. The highest BCUT2D eigenvalue weighted by Crippen LogP contribution is 2.20. The summed E-state index contributed by atoms with van der Waals surface area (Å²) >= 11 is -1.21. The third-order valence-corrected chi connectivity index (χ3v) is 4.39. The molecule has 1 atom stereocenters. The van der Waals surface area contributed by atoms with Gasteiger partial charge in [-0.15, -0.1) is 0 Å². The molecule has 0 N–H and O–H groups in total. The molecule has 0 bridgehead atoms. The zero-order valence-corrected chi connectivity index (χ0v) is 11.8. The lowest BCUT2D eigenvalue weighted by Gasteiger charge is -2.01. The normalized spacial score (nSPS) is 14.0. The van der Waals surface area contributed by atoms with Crippen molar-refractivity contribution >= 4 is 42.8 Å². The monoisotopic (exact) mass is 294 g/mol. The van der Waals surface area contributed by atoms with Crippen molar-refractivity contribution in [3.63, 3.8) is 0 Å². The maximum Gasteiger partial charge on any atom is 0.264 e. The Kier molecular flexibility index (Phi) is 9.25. The molecule has 9 heteroatoms. The summed E-state index contributed by atoms with van der Waals surface area (Å²) < 4.78 is 40.9. The Labute approximate surface area is 101 Å². The summed E-state index contributed by atoms with van der Waals surface area (Å²) in [5, 5.41) is 0. The van der Waals surface area contributed by atoms with Gasteiger partial charge < -0.3 is 0 Å². The van der Waals surface area contributed by atoms with E-state index in [1.54, 1.807) is 0 Å². The van der Waals surface area contributed by atoms with Crippen LogP contribution < -0.4 is 0 Å². The van der Waals surface area contributed by atoms with Crippen molar-refractivity contribution in [3.05, 3.63) is 0 Å². The van der Waals surface area contributed by atoms with E-state index >= 15 is 0 Å². The van der Waals surface area contributed by atoms with Crippen LogP contribution in [0.5, 0.6) is 0 Å². The first-order valence-electron chi connectivity index (χ1n) is 3.97. The Morgan fingerprint density at radius 3 is 2.20 bits per heavy atom. The summed E-state index contributed by atoms with van der Waals surface area (Å²) in [6, 6.07) is 0. The molecule has 0 aliphatic heterocycles. The fraction of sp³-hybridized carbons (Fsp3) is 1.00. The Hall–Kier alpha value is 0.720. The van der Waals surface area contributed by atoms with Gasteiger partial charge in [0, 0.05) is 17.8 Å². The maximum atomic E-state index is 10.5. The summed E-state index contributed by atoms with van der Waals surface area (Å²) in [6.07, 6.45) is 2.49. The first kappa shape index (κ1) is 15.7. The second-order valence-corrected chi connectivity index (χ2v) is 7.78. The van der Waals surface area contributed by atoms with Crippen molar-refractivity contribution in [2.24, 2.45) is 0 Å². The topological polar surface area (TPSA) is 69.7 Å². The molecule has 0 rings (SSSR count). The van der Waals surface area contributed by atoms with Crippen LogP contribution in [-0.4, -0.2) is 49.9 Å². The zero-order chi connectivity index (χ0) is 11.7. The molecule has 0 aromatic heterocycles. The van der Waals surface area contributed by atoms with Gasteiger partial charge in [-0.2, -0.15) is 8.42 Å². The molecule has 0 saturated carbocycles. The van der Waals surface area contributed by atoms with Crippen LogP contribution in [0.4, 0.5) is 0 Å². The molecule has 0 radical (unpaired) electrons. The van der Waals surface area contributed by atoms with Crippen LogP contribution in [0.25, 0.3) is 0 Å². The Morgan fingerprint density at radius 2 is 1.73 bits per heavy atom. The fourth-order valence-corrected chi connectivity index (χ4v) is 3.09. The van der Waals surface area contributed by atoms with E-state index < -0.39 is 21.2 Å². The average Bonchev–Trinajstić information content (AvgIpc) is 2.07. The van der Waals surface area contributed by atoms with Gasteiger partial charge in [0.15, 0.2) is 11.1 Å². The molecule has 0 aromatic carbocycles. The van der Waals surface area contributed by atoms with Crippen LogP contribution in [0.3, 0.4) is 0 Å². The molecule has 0 aliphatic carbocycles. The Morgan fingerprint density at radius 1 is 1.20 bits per heavy atom. The standard InChI is InChI=1S/C6H14O5S4/c1-14(7)10-3-5-12-13-6-4-11-15(2,8)9/h3-6H2,1-2H3. The molecule has 0 heterocycles. The van der Waals surface area contributed by atoms with E-state index in [0.29, 0.717) is 18.1 Å². The average molecular weight is 294 g/mol. The molecule has 5 nitrogen and oxygen atoms in total. The molecule has 0 fully saturated rings. The van der Waals surface area contributed by atoms with Gasteiger partial charge >= 0.3 is 0 Å². The summed E-state index contributed by atoms with van der Waals surface area (Å²) in [7, 11) is -0.298. The number of rotatable bonds is 9. The highest BCUT2D eigenvalue weighted by molar-refractivity contribution is 8.76. The van der Waals surface area contributed by atoms with Crippen LogP contribution in [0, 0.1) is 0 Å². The van der Waals surface area contributed by atoms with Crippen molar-refractivity contribution in [1.29, 1.82) is 0 Å². The van der Waals surface area contributed by atoms with Gasteiger partial charge in [-0.1, -0.05) is 21.6 Å². The molecule has 1 unspecified atom stereocenters. The molecule has 92 valence electrons. The Balaban J connectivity index is 3.16. The third-order valence-electron chi connectivity index (χ3n) is 0.963. The quantitative estimate of drug-likeness (QED) is 0.351. The fourth-order valence-electron chi connectivity index (χ4n) is 0.523. The predicted octanol–water partition coefficient (Wildman–Crippen LogP) is 0.654. The lowest BCUT2D eigenvalue weighted by Crippen LogP contribution is -2.05. The van der Waals surface area contributed by atoms with Gasteiger partial charge in [0.2, 0.25) is 0 Å². The Bertz CT molecular complexity index is 275. The van der Waals surface area contributed by atoms with E-state index in [9.17, 15) is 12.6 Å². The van der Waals surface area contributed by atoms with E-state index in [1.807, 2.05) is 0 Å². The number of hydrogen-bond donors (Lipinski definition) is 0. The van der Waals surface area contributed by atoms with E-state index in [0.717, 1.165) is 6.26 Å². The van der Waals surface area contributed by atoms with E-state index in [-0.39, 0.29) is 6.61 Å². The molecule has 0 amide bonds. The first-order chi connectivity index (χ1) is 6.92. The molecular weight excluding hydrogens is 280 g/mol. The van der Waals surface area contributed by atoms with Crippen molar-refractivity contribution < 1.29 is 21.0 Å². The summed E-state index contributed by atoms with van der Waals surface area (Å²) in [4.78, 5) is 0. The van der Waals surface area contributed by atoms with Crippen molar-refractivity contribution in [2.75, 3.05) is 37.2 Å². The first-order valence-corrected chi connectivity index (χ1v) is 9.76. The second kappa shape index (κ2) is 8.82. The van der Waals surface area contributed by atoms with Gasteiger partial charge in [-0.05, 0) is 0 Å². The second-order valence-electron chi connectivity index (χ2n) is 2.39.